The highest BCUT2D eigenvalue weighted by molar-refractivity contribution is 5.80. The van der Waals surface area contributed by atoms with Crippen molar-refractivity contribution >= 4 is 5.96 Å². The maximum atomic E-state index is 12.7. The molecular formula is C16H22F3N3O. The van der Waals surface area contributed by atoms with Crippen LogP contribution in [-0.2, 0) is 17.5 Å². The maximum Gasteiger partial charge on any atom is 0.416 e. The number of nitrogens with zero attached hydrogens (tertiary/aromatic N) is 2. The molecule has 0 bridgehead atoms. The van der Waals surface area contributed by atoms with Gasteiger partial charge in [-0.1, -0.05) is 12.1 Å². The molecule has 0 radical (unpaired) electrons. The van der Waals surface area contributed by atoms with Crippen LogP contribution in [0.4, 0.5) is 13.2 Å². The van der Waals surface area contributed by atoms with Crippen LogP contribution in [0, 0.1) is 5.92 Å². The second kappa shape index (κ2) is 7.68. The molecule has 2 rings (SSSR count). The van der Waals surface area contributed by atoms with E-state index in [4.69, 9.17) is 4.74 Å². The molecule has 1 N–H and O–H groups in total. The van der Waals surface area contributed by atoms with E-state index in [9.17, 15) is 13.2 Å². The largest absolute Gasteiger partial charge is 0.416 e. The quantitative estimate of drug-likeness (QED) is 0.682. The number of likely N-dealkylation sites (tertiary alicyclic amines) is 1. The Morgan fingerprint density at radius 2 is 2.22 bits per heavy atom. The van der Waals surface area contributed by atoms with Crippen molar-refractivity contribution in [2.75, 3.05) is 33.9 Å². The minimum absolute atomic E-state index is 0.308. The van der Waals surface area contributed by atoms with Gasteiger partial charge in [0.1, 0.15) is 0 Å². The first kappa shape index (κ1) is 17.6. The van der Waals surface area contributed by atoms with Crippen LogP contribution in [0.25, 0.3) is 0 Å². The third-order valence-corrected chi connectivity index (χ3v) is 3.90. The number of nitrogens with one attached hydrogen (secondary N) is 1. The average Bonchev–Trinajstić information content (AvgIpc) is 2.96. The normalized spacial score (nSPS) is 19.3. The second-order valence-electron chi connectivity index (χ2n) is 5.65. The van der Waals surface area contributed by atoms with Crippen LogP contribution in [0.15, 0.2) is 29.3 Å². The van der Waals surface area contributed by atoms with E-state index >= 15 is 0 Å². The predicted molar refractivity (Wildman–Crippen MR) is 83.2 cm³/mol. The fraction of sp³-hybridized carbons (Fsp3) is 0.562. The van der Waals surface area contributed by atoms with Crippen molar-refractivity contribution in [3.63, 3.8) is 0 Å². The van der Waals surface area contributed by atoms with E-state index in [-0.39, 0.29) is 0 Å². The lowest BCUT2D eigenvalue weighted by atomic mass is 10.1. The van der Waals surface area contributed by atoms with Crippen LogP contribution < -0.4 is 5.32 Å². The van der Waals surface area contributed by atoms with Gasteiger partial charge < -0.3 is 15.0 Å². The van der Waals surface area contributed by atoms with Crippen molar-refractivity contribution in [1.29, 1.82) is 0 Å². The van der Waals surface area contributed by atoms with Crippen LogP contribution in [-0.4, -0.2) is 44.7 Å². The van der Waals surface area contributed by atoms with Gasteiger partial charge in [0.05, 0.1) is 12.2 Å². The van der Waals surface area contributed by atoms with Crippen molar-refractivity contribution in [2.45, 2.75) is 19.1 Å². The zero-order valence-corrected chi connectivity index (χ0v) is 13.4. The highest BCUT2D eigenvalue weighted by Crippen LogP contribution is 2.29. The van der Waals surface area contributed by atoms with Crippen molar-refractivity contribution in [1.82, 2.24) is 10.2 Å². The summed E-state index contributed by atoms with van der Waals surface area (Å²) in [6, 6.07) is 5.34. The van der Waals surface area contributed by atoms with E-state index in [1.165, 1.54) is 6.07 Å². The summed E-state index contributed by atoms with van der Waals surface area (Å²) in [6.45, 7) is 2.73. The van der Waals surface area contributed by atoms with Gasteiger partial charge in [0, 0.05) is 39.7 Å². The summed E-state index contributed by atoms with van der Waals surface area (Å²) in [6.07, 6.45) is -3.29. The molecule has 1 heterocycles. The Bertz CT molecular complexity index is 546. The summed E-state index contributed by atoms with van der Waals surface area (Å²) in [5.41, 5.74) is -0.0540. The number of guanidine groups is 1. The second-order valence-corrected chi connectivity index (χ2v) is 5.65. The lowest BCUT2D eigenvalue weighted by Gasteiger charge is -2.22. The third kappa shape index (κ3) is 4.86. The summed E-state index contributed by atoms with van der Waals surface area (Å²) in [4.78, 5) is 6.33. The van der Waals surface area contributed by atoms with Gasteiger partial charge in [-0.3, -0.25) is 4.99 Å². The number of methoxy groups -OCH3 is 1. The molecule has 1 aromatic rings. The van der Waals surface area contributed by atoms with Gasteiger partial charge in [-0.25, -0.2) is 0 Å². The van der Waals surface area contributed by atoms with E-state index in [0.717, 1.165) is 31.6 Å². The fourth-order valence-electron chi connectivity index (χ4n) is 2.77. The number of aliphatic imine (C=N–C) groups is 1. The predicted octanol–water partition coefficient (Wildman–Crippen LogP) is 2.75. The number of hydrogen-bond acceptors (Lipinski definition) is 2. The van der Waals surface area contributed by atoms with Gasteiger partial charge in [0.15, 0.2) is 5.96 Å². The number of rotatable bonds is 4. The van der Waals surface area contributed by atoms with Crippen molar-refractivity contribution in [3.8, 4) is 0 Å². The number of hydrogen-bond donors (Lipinski definition) is 1. The van der Waals surface area contributed by atoms with Crippen molar-refractivity contribution < 1.29 is 17.9 Å². The molecule has 23 heavy (non-hydrogen) atoms. The Morgan fingerprint density at radius 3 is 2.87 bits per heavy atom. The third-order valence-electron chi connectivity index (χ3n) is 3.90. The molecule has 0 amide bonds. The Balaban J connectivity index is 1.94. The van der Waals surface area contributed by atoms with Crippen molar-refractivity contribution in [3.05, 3.63) is 35.4 Å². The molecule has 7 heteroatoms. The van der Waals surface area contributed by atoms with E-state index < -0.39 is 11.7 Å². The van der Waals surface area contributed by atoms with E-state index in [0.29, 0.717) is 30.6 Å². The van der Waals surface area contributed by atoms with Crippen LogP contribution in [0.3, 0.4) is 0 Å². The van der Waals surface area contributed by atoms with E-state index in [1.54, 1.807) is 20.2 Å². The highest BCUT2D eigenvalue weighted by atomic mass is 19.4. The molecule has 0 saturated carbocycles. The smallest absolute Gasteiger partial charge is 0.384 e. The van der Waals surface area contributed by atoms with Gasteiger partial charge in [0.2, 0.25) is 0 Å². The molecule has 1 aliphatic heterocycles. The van der Waals surface area contributed by atoms with Crippen molar-refractivity contribution in [2.24, 2.45) is 10.9 Å². The highest BCUT2D eigenvalue weighted by Gasteiger charge is 2.30. The van der Waals surface area contributed by atoms with E-state index in [2.05, 4.69) is 15.2 Å². The summed E-state index contributed by atoms with van der Waals surface area (Å²) in [7, 11) is 3.36. The molecular weight excluding hydrogens is 307 g/mol. The minimum atomic E-state index is -4.32. The van der Waals surface area contributed by atoms with Gasteiger partial charge in [-0.05, 0) is 24.1 Å². The monoisotopic (exact) mass is 329 g/mol. The van der Waals surface area contributed by atoms with Crippen LogP contribution in [0.2, 0.25) is 0 Å². The first-order valence-corrected chi connectivity index (χ1v) is 7.54. The first-order valence-electron chi connectivity index (χ1n) is 7.54. The molecule has 1 aliphatic rings. The molecule has 1 unspecified atom stereocenters. The number of ether oxygens (including phenoxy) is 1. The molecule has 4 nitrogen and oxygen atoms in total. The number of halogens is 3. The average molecular weight is 329 g/mol. The Hall–Kier alpha value is -1.76. The number of alkyl halides is 3. The topological polar surface area (TPSA) is 36.9 Å². The Kier molecular flexibility index (Phi) is 5.87. The summed E-state index contributed by atoms with van der Waals surface area (Å²) < 4.78 is 43.4. The standard InChI is InChI=1S/C16H22F3N3O/c1-20-15(22-7-6-13(10-22)11-23-2)21-9-12-4-3-5-14(8-12)16(17,18)19/h3-5,8,13H,6-7,9-11H2,1-2H3,(H,20,21). The molecule has 0 aromatic heterocycles. The van der Waals surface area contributed by atoms with Gasteiger partial charge in [-0.15, -0.1) is 0 Å². The lowest BCUT2D eigenvalue weighted by molar-refractivity contribution is -0.137. The zero-order valence-electron chi connectivity index (χ0n) is 13.4. The molecule has 1 saturated heterocycles. The summed E-state index contributed by atoms with van der Waals surface area (Å²) >= 11 is 0. The van der Waals surface area contributed by atoms with Gasteiger partial charge >= 0.3 is 6.18 Å². The SMILES string of the molecule is CN=C(NCc1cccc(C(F)(F)F)c1)N1CCC(COC)C1. The molecule has 0 spiro atoms. The Labute approximate surface area is 134 Å². The van der Waals surface area contributed by atoms with Crippen LogP contribution in [0.5, 0.6) is 0 Å². The fourth-order valence-corrected chi connectivity index (χ4v) is 2.77. The van der Waals surface area contributed by atoms with Gasteiger partial charge in [-0.2, -0.15) is 13.2 Å². The zero-order chi connectivity index (χ0) is 16.9. The maximum absolute atomic E-state index is 12.7. The summed E-state index contributed by atoms with van der Waals surface area (Å²) in [5, 5.41) is 3.14. The molecule has 1 fully saturated rings. The van der Waals surface area contributed by atoms with E-state index in [1.807, 2.05) is 0 Å². The van der Waals surface area contributed by atoms with Crippen LogP contribution >= 0.6 is 0 Å². The Morgan fingerprint density at radius 1 is 1.43 bits per heavy atom. The first-order chi connectivity index (χ1) is 10.9. The minimum Gasteiger partial charge on any atom is -0.384 e. The lowest BCUT2D eigenvalue weighted by Crippen LogP contribution is -2.39. The molecule has 1 aromatic carbocycles. The summed E-state index contributed by atoms with van der Waals surface area (Å²) in [5.74, 6) is 1.17. The number of benzene rings is 1. The van der Waals surface area contributed by atoms with Crippen LogP contribution in [0.1, 0.15) is 17.5 Å². The molecule has 0 aliphatic carbocycles. The molecule has 128 valence electrons. The van der Waals surface area contributed by atoms with Gasteiger partial charge in [0.25, 0.3) is 0 Å². The molecule has 1 atom stereocenters.